The normalized spacial score (nSPS) is 23.0. The van der Waals surface area contributed by atoms with Crippen LogP contribution in [0.1, 0.15) is 26.2 Å². The van der Waals surface area contributed by atoms with Gasteiger partial charge in [0.2, 0.25) is 0 Å². The van der Waals surface area contributed by atoms with E-state index in [4.69, 9.17) is 20.2 Å². The molecule has 2 aromatic carbocycles. The van der Waals surface area contributed by atoms with E-state index in [1.165, 1.54) is 6.07 Å². The third kappa shape index (κ3) is 6.00. The maximum absolute atomic E-state index is 17.0. The number of nitrogens with two attached hydrogens (primary N) is 1. The zero-order chi connectivity index (χ0) is 30.9. The van der Waals surface area contributed by atoms with Gasteiger partial charge in [0.05, 0.1) is 26.9 Å². The van der Waals surface area contributed by atoms with Gasteiger partial charge in [-0.1, -0.05) is 0 Å². The number of fused-ring (bicyclic) bond motifs is 2. The third-order valence-corrected chi connectivity index (χ3v) is 10.9. The second-order valence-corrected chi connectivity index (χ2v) is 14.4. The number of aromatic nitrogens is 2. The van der Waals surface area contributed by atoms with Crippen LogP contribution in [0.2, 0.25) is 0 Å². The van der Waals surface area contributed by atoms with Gasteiger partial charge in [0, 0.05) is 72.8 Å². The zero-order valence-electron chi connectivity index (χ0n) is 25.2. The van der Waals surface area contributed by atoms with Crippen molar-refractivity contribution in [3.05, 3.63) is 33.4 Å². The number of rotatable bonds is 7. The fourth-order valence-corrected chi connectivity index (χ4v) is 8.65. The maximum atomic E-state index is 17.0. The molecule has 3 aliphatic heterocycles. The molecule has 8 nitrogen and oxygen atoms in total. The number of halogens is 4. The molecule has 0 bridgehead atoms. The molecule has 45 heavy (non-hydrogen) atoms. The van der Waals surface area contributed by atoms with E-state index in [0.717, 1.165) is 37.3 Å². The van der Waals surface area contributed by atoms with E-state index in [2.05, 4.69) is 48.3 Å². The standard InChI is InChI=1S/C31H33F3IN6O2S.Ce/c1-16-13-40(10-9-39(2)3)29-23-26(37-30(38-29)42-15-31-7-4-8-41(31)14-17(32)12-31)24(34)22(25(35)27(23)43-16)18-5-6-20(33)28-19(18)11-21(36)44-28;/h5-6,16-17H,4,7-10,12-15,36H2,1-3H3;/q-1;/t16-,17+,31?;/m0./s1. The number of hydrogen-bond acceptors (Lipinski definition) is 9. The van der Waals surface area contributed by atoms with Crippen molar-refractivity contribution in [1.29, 1.82) is 0 Å². The summed E-state index contributed by atoms with van der Waals surface area (Å²) < 4.78 is 59.8. The number of likely N-dealkylation sites (N-methyl/N-ethyl adjacent to an activating group) is 1. The quantitative estimate of drug-likeness (QED) is 0.183. The molecule has 2 fully saturated rings. The van der Waals surface area contributed by atoms with Crippen LogP contribution in [0.4, 0.5) is 24.0 Å². The predicted octanol–water partition coefficient (Wildman–Crippen LogP) is 5.88. The van der Waals surface area contributed by atoms with Crippen molar-refractivity contribution < 1.29 is 64.4 Å². The Bertz CT molecular complexity index is 1780. The molecule has 0 radical (unpaired) electrons. The number of hydrogen-bond donors (Lipinski definition) is 1. The Morgan fingerprint density at radius 1 is 1.27 bits per heavy atom. The molecule has 14 heteroatoms. The summed E-state index contributed by atoms with van der Waals surface area (Å²) in [4.78, 5) is 15.8. The van der Waals surface area contributed by atoms with Crippen molar-refractivity contribution in [2.75, 3.05) is 64.1 Å². The largest absolute Gasteiger partial charge is 0.487 e. The smallest absolute Gasteiger partial charge is 0.319 e. The molecule has 7 rings (SSSR count). The Labute approximate surface area is 311 Å². The maximum Gasteiger partial charge on any atom is 0.319 e. The average molecular weight is 878 g/mol. The number of alkyl halides is 1. The topological polar surface area (TPSA) is 80.0 Å². The molecule has 4 aromatic rings. The van der Waals surface area contributed by atoms with E-state index >= 15 is 4.39 Å². The number of ether oxygens (including phenoxy) is 2. The van der Waals surface area contributed by atoms with Crippen molar-refractivity contribution in [3.8, 4) is 22.9 Å². The van der Waals surface area contributed by atoms with Gasteiger partial charge in [-0.25, -0.2) is 13.2 Å². The number of anilines is 2. The van der Waals surface area contributed by atoms with Crippen molar-refractivity contribution in [2.45, 2.75) is 44.0 Å². The van der Waals surface area contributed by atoms with E-state index in [-0.39, 0.29) is 71.5 Å². The van der Waals surface area contributed by atoms with Gasteiger partial charge in [-0.15, -0.1) is 17.7 Å². The van der Waals surface area contributed by atoms with E-state index < -0.39 is 23.3 Å². The summed E-state index contributed by atoms with van der Waals surface area (Å²) in [5.74, 6) is -0.0410. The third-order valence-electron chi connectivity index (χ3n) is 8.93. The van der Waals surface area contributed by atoms with Crippen LogP contribution in [0.15, 0.2) is 12.1 Å². The van der Waals surface area contributed by atoms with Crippen LogP contribution in [0.25, 0.3) is 32.1 Å². The summed E-state index contributed by atoms with van der Waals surface area (Å²) >= 11 is 3.17. The SMILES string of the molecule is C[C@H]1CN(CCN(C)C)c2nc(OCC34CCCN3C[C@H](F)C4)nc3c(F)c(-c4ccc(F)c5sc(N)[c-]c45)c(I)c(c23)O1.[Ce]. The monoisotopic (exact) mass is 877 g/mol. The molecule has 2 N–H and O–H groups in total. The molecule has 0 aliphatic carbocycles. The van der Waals surface area contributed by atoms with Gasteiger partial charge in [0.1, 0.15) is 41.8 Å². The summed E-state index contributed by atoms with van der Waals surface area (Å²) in [6, 6.07) is 5.91. The van der Waals surface area contributed by atoms with Gasteiger partial charge in [0.15, 0.2) is 0 Å². The Morgan fingerprint density at radius 2 is 2.07 bits per heavy atom. The van der Waals surface area contributed by atoms with Crippen molar-refractivity contribution in [2.24, 2.45) is 0 Å². The minimum absolute atomic E-state index is 0. The summed E-state index contributed by atoms with van der Waals surface area (Å²) in [5, 5.41) is 1.17. The number of nitrogens with zero attached hydrogens (tertiary/aromatic N) is 5. The molecule has 0 spiro atoms. The van der Waals surface area contributed by atoms with Gasteiger partial charge in [-0.3, -0.25) is 4.90 Å². The molecule has 0 saturated carbocycles. The first-order valence-electron chi connectivity index (χ1n) is 14.8. The molecule has 0 amide bonds. The van der Waals surface area contributed by atoms with Crippen LogP contribution in [0.3, 0.4) is 0 Å². The van der Waals surface area contributed by atoms with E-state index in [1.807, 2.05) is 21.0 Å². The van der Waals surface area contributed by atoms with Crippen LogP contribution >= 0.6 is 33.9 Å². The Kier molecular flexibility index (Phi) is 9.71. The minimum atomic E-state index is -0.901. The van der Waals surface area contributed by atoms with Gasteiger partial charge in [-0.05, 0) is 79.3 Å². The van der Waals surface area contributed by atoms with E-state index in [1.54, 1.807) is 6.07 Å². The first kappa shape index (κ1) is 33.6. The van der Waals surface area contributed by atoms with Gasteiger partial charge in [-0.2, -0.15) is 26.7 Å². The molecular formula is C31H33CeF3IN6O2S-. The summed E-state index contributed by atoms with van der Waals surface area (Å²) in [6.45, 7) is 5.28. The molecular weight excluding hydrogens is 844 g/mol. The first-order valence-corrected chi connectivity index (χ1v) is 16.7. The zero-order valence-corrected chi connectivity index (χ0v) is 31.3. The van der Waals surface area contributed by atoms with Crippen LogP contribution in [-0.4, -0.2) is 91.0 Å². The molecule has 2 aromatic heterocycles. The fraction of sp³-hybridized carbons (Fsp3) is 0.484. The molecule has 2 saturated heterocycles. The van der Waals surface area contributed by atoms with Gasteiger partial charge >= 0.3 is 6.01 Å². The first-order chi connectivity index (χ1) is 21.0. The van der Waals surface area contributed by atoms with E-state index in [0.29, 0.717) is 67.2 Å². The van der Waals surface area contributed by atoms with Crippen LogP contribution < -0.4 is 20.1 Å². The average Bonchev–Trinajstić information content (AvgIpc) is 3.61. The molecule has 3 atom stereocenters. The van der Waals surface area contributed by atoms with Crippen molar-refractivity contribution in [1.82, 2.24) is 19.8 Å². The fourth-order valence-electron chi connectivity index (χ4n) is 6.92. The molecule has 3 aliphatic rings. The summed E-state index contributed by atoms with van der Waals surface area (Å²) in [6.07, 6.45) is 1.05. The van der Waals surface area contributed by atoms with Gasteiger partial charge < -0.3 is 25.0 Å². The summed E-state index contributed by atoms with van der Waals surface area (Å²) in [7, 11) is 3.99. The predicted molar refractivity (Wildman–Crippen MR) is 176 cm³/mol. The van der Waals surface area contributed by atoms with Crippen LogP contribution in [-0.2, 0) is 0 Å². The van der Waals surface area contributed by atoms with Crippen molar-refractivity contribution in [3.63, 3.8) is 0 Å². The minimum Gasteiger partial charge on any atom is -0.487 e. The molecule has 1 unspecified atom stereocenters. The second-order valence-electron chi connectivity index (χ2n) is 12.3. The van der Waals surface area contributed by atoms with E-state index in [9.17, 15) is 8.78 Å². The Balaban J connectivity index is 0.00000357. The van der Waals surface area contributed by atoms with Crippen LogP contribution in [0, 0.1) is 63.0 Å². The number of benzene rings is 2. The number of nitrogen functional groups attached to an aromatic ring is 1. The Morgan fingerprint density at radius 3 is 2.84 bits per heavy atom. The summed E-state index contributed by atoms with van der Waals surface area (Å²) in [5.41, 5.74) is 6.33. The molecule has 238 valence electrons. The van der Waals surface area contributed by atoms with Crippen LogP contribution in [0.5, 0.6) is 11.8 Å². The van der Waals surface area contributed by atoms with Gasteiger partial charge in [0.25, 0.3) is 0 Å². The molecule has 5 heterocycles. The Hall–Kier alpha value is -1.24. The second kappa shape index (κ2) is 13.0. The van der Waals surface area contributed by atoms with Crippen molar-refractivity contribution >= 4 is 65.7 Å². The number of thiophene rings is 1.